The fourth-order valence-corrected chi connectivity index (χ4v) is 2.95. The first kappa shape index (κ1) is 20.1. The van der Waals surface area contributed by atoms with E-state index >= 15 is 0 Å². The van der Waals surface area contributed by atoms with Gasteiger partial charge in [0.1, 0.15) is 6.54 Å². The lowest BCUT2D eigenvalue weighted by Gasteiger charge is -2.10. The third-order valence-corrected chi connectivity index (χ3v) is 4.44. The molecule has 0 aromatic heterocycles. The molecule has 2 N–H and O–H groups in total. The molecule has 29 heavy (non-hydrogen) atoms. The van der Waals surface area contributed by atoms with E-state index in [1.807, 2.05) is 61.5 Å². The highest BCUT2D eigenvalue weighted by atomic mass is 16.5. The lowest BCUT2D eigenvalue weighted by molar-refractivity contribution is -0.147. The molecule has 0 bridgehead atoms. The van der Waals surface area contributed by atoms with E-state index in [4.69, 9.17) is 4.74 Å². The number of hydrogen-bond donors (Lipinski definition) is 2. The molecular weight excluding hydrogens is 368 g/mol. The number of nitrogens with one attached hydrogen (secondary N) is 2. The number of aryl methyl sites for hydroxylation is 1. The second-order valence-electron chi connectivity index (χ2n) is 6.62. The van der Waals surface area contributed by atoms with E-state index < -0.39 is 18.5 Å². The van der Waals surface area contributed by atoms with Crippen LogP contribution in [0.15, 0.2) is 66.7 Å². The van der Waals surface area contributed by atoms with Gasteiger partial charge in [-0.3, -0.25) is 14.4 Å². The maximum atomic E-state index is 12.2. The summed E-state index contributed by atoms with van der Waals surface area (Å²) in [7, 11) is 0. The summed E-state index contributed by atoms with van der Waals surface area (Å²) in [6.07, 6.45) is 0.155. The molecule has 0 heterocycles. The summed E-state index contributed by atoms with van der Waals surface area (Å²) in [4.78, 5) is 35.9. The van der Waals surface area contributed by atoms with Crippen LogP contribution in [0.1, 0.15) is 11.1 Å². The minimum Gasteiger partial charge on any atom is -0.454 e. The maximum Gasteiger partial charge on any atom is 0.325 e. The summed E-state index contributed by atoms with van der Waals surface area (Å²) in [5, 5.41) is 7.26. The van der Waals surface area contributed by atoms with E-state index in [-0.39, 0.29) is 18.9 Å². The lowest BCUT2D eigenvalue weighted by atomic mass is 10.0. The molecule has 2 amide bonds. The molecule has 3 aromatic carbocycles. The molecule has 3 aromatic rings. The van der Waals surface area contributed by atoms with Crippen LogP contribution in [0.2, 0.25) is 0 Å². The number of rotatable bonds is 7. The van der Waals surface area contributed by atoms with Crippen molar-refractivity contribution in [1.82, 2.24) is 5.32 Å². The number of esters is 1. The van der Waals surface area contributed by atoms with Crippen LogP contribution in [0.5, 0.6) is 0 Å². The first-order chi connectivity index (χ1) is 14.0. The molecule has 6 heteroatoms. The Hall–Kier alpha value is -3.67. The first-order valence-corrected chi connectivity index (χ1v) is 9.27. The fraction of sp³-hybridized carbons (Fsp3) is 0.174. The summed E-state index contributed by atoms with van der Waals surface area (Å²) in [5.74, 6) is -1.39. The third kappa shape index (κ3) is 5.65. The third-order valence-electron chi connectivity index (χ3n) is 4.44. The van der Waals surface area contributed by atoms with Crippen LogP contribution in [-0.2, 0) is 25.5 Å². The molecule has 0 fully saturated rings. The Morgan fingerprint density at radius 3 is 2.41 bits per heavy atom. The van der Waals surface area contributed by atoms with Gasteiger partial charge in [-0.1, -0.05) is 60.7 Å². The molecule has 0 saturated carbocycles. The molecule has 0 aliphatic carbocycles. The van der Waals surface area contributed by atoms with Crippen molar-refractivity contribution in [2.24, 2.45) is 0 Å². The van der Waals surface area contributed by atoms with E-state index in [9.17, 15) is 14.4 Å². The highest BCUT2D eigenvalue weighted by Gasteiger charge is 2.12. The van der Waals surface area contributed by atoms with Crippen molar-refractivity contribution in [3.63, 3.8) is 0 Å². The monoisotopic (exact) mass is 390 g/mol. The zero-order valence-corrected chi connectivity index (χ0v) is 16.1. The Labute approximate surface area is 168 Å². The van der Waals surface area contributed by atoms with Gasteiger partial charge in [-0.2, -0.15) is 0 Å². The van der Waals surface area contributed by atoms with Gasteiger partial charge in [-0.15, -0.1) is 0 Å². The summed E-state index contributed by atoms with van der Waals surface area (Å²) < 4.78 is 4.92. The number of ether oxygens (including phenoxy) is 1. The molecule has 0 atom stereocenters. The van der Waals surface area contributed by atoms with Crippen LogP contribution in [-0.4, -0.2) is 30.9 Å². The molecule has 0 aliphatic rings. The zero-order valence-electron chi connectivity index (χ0n) is 16.1. The minimum atomic E-state index is -0.670. The lowest BCUT2D eigenvalue weighted by Crippen LogP contribution is -2.33. The highest BCUT2D eigenvalue weighted by Crippen LogP contribution is 2.18. The van der Waals surface area contributed by atoms with E-state index in [0.717, 1.165) is 21.9 Å². The first-order valence-electron chi connectivity index (χ1n) is 9.27. The number of carbonyl (C=O) groups excluding carboxylic acids is 3. The summed E-state index contributed by atoms with van der Waals surface area (Å²) >= 11 is 0. The van der Waals surface area contributed by atoms with Crippen molar-refractivity contribution < 1.29 is 19.1 Å². The van der Waals surface area contributed by atoms with Crippen molar-refractivity contribution in [2.45, 2.75) is 13.3 Å². The molecule has 148 valence electrons. The predicted octanol–water partition coefficient (Wildman–Crippen LogP) is 2.99. The van der Waals surface area contributed by atoms with Gasteiger partial charge in [0.25, 0.3) is 5.91 Å². The van der Waals surface area contributed by atoms with Gasteiger partial charge in [0, 0.05) is 5.69 Å². The van der Waals surface area contributed by atoms with E-state index in [2.05, 4.69) is 10.6 Å². The van der Waals surface area contributed by atoms with E-state index in [1.54, 1.807) is 12.1 Å². The number of fused-ring (bicyclic) bond motifs is 1. The van der Waals surface area contributed by atoms with Crippen molar-refractivity contribution in [2.75, 3.05) is 18.5 Å². The van der Waals surface area contributed by atoms with Gasteiger partial charge >= 0.3 is 5.97 Å². The largest absolute Gasteiger partial charge is 0.454 e. The Morgan fingerprint density at radius 1 is 0.862 bits per heavy atom. The maximum absolute atomic E-state index is 12.2. The molecule has 0 aliphatic heterocycles. The van der Waals surface area contributed by atoms with Gasteiger partial charge in [0.15, 0.2) is 6.61 Å². The summed E-state index contributed by atoms with van der Waals surface area (Å²) in [6, 6.07) is 20.9. The molecule has 0 radical (unpaired) electrons. The molecule has 0 spiro atoms. The average Bonchev–Trinajstić information content (AvgIpc) is 2.73. The van der Waals surface area contributed by atoms with Crippen LogP contribution in [0.25, 0.3) is 10.8 Å². The van der Waals surface area contributed by atoms with Gasteiger partial charge in [0.2, 0.25) is 5.91 Å². The normalized spacial score (nSPS) is 10.4. The number of para-hydroxylation sites is 1. The molecule has 0 saturated heterocycles. The Balaban J connectivity index is 1.43. The summed E-state index contributed by atoms with van der Waals surface area (Å²) in [5.41, 5.74) is 2.45. The number of anilines is 1. The van der Waals surface area contributed by atoms with Crippen LogP contribution in [0.4, 0.5) is 5.69 Å². The Morgan fingerprint density at radius 2 is 1.59 bits per heavy atom. The Kier molecular flexibility index (Phi) is 6.58. The second-order valence-corrected chi connectivity index (χ2v) is 6.62. The number of carbonyl (C=O) groups is 3. The quantitative estimate of drug-likeness (QED) is 0.608. The average molecular weight is 390 g/mol. The second kappa shape index (κ2) is 9.50. The number of hydrogen-bond acceptors (Lipinski definition) is 4. The van der Waals surface area contributed by atoms with Crippen molar-refractivity contribution in [3.05, 3.63) is 77.9 Å². The van der Waals surface area contributed by atoms with Crippen LogP contribution in [0, 0.1) is 6.92 Å². The van der Waals surface area contributed by atoms with Gasteiger partial charge < -0.3 is 15.4 Å². The zero-order chi connectivity index (χ0) is 20.6. The van der Waals surface area contributed by atoms with E-state index in [1.165, 1.54) is 0 Å². The minimum absolute atomic E-state index is 0.155. The van der Waals surface area contributed by atoms with Gasteiger partial charge in [-0.25, -0.2) is 0 Å². The van der Waals surface area contributed by atoms with Gasteiger partial charge in [-0.05, 0) is 34.9 Å². The van der Waals surface area contributed by atoms with Crippen LogP contribution >= 0.6 is 0 Å². The molecule has 3 rings (SSSR count). The van der Waals surface area contributed by atoms with Crippen molar-refractivity contribution >= 4 is 34.2 Å². The summed E-state index contributed by atoms with van der Waals surface area (Å²) in [6.45, 7) is 1.17. The molecular formula is C23H22N2O4. The van der Waals surface area contributed by atoms with Crippen molar-refractivity contribution in [3.8, 4) is 0 Å². The topological polar surface area (TPSA) is 84.5 Å². The molecule has 0 unspecified atom stereocenters. The SMILES string of the molecule is Cc1ccccc1NC(=O)COC(=O)CNC(=O)Cc1cccc2ccccc12. The highest BCUT2D eigenvalue weighted by molar-refractivity contribution is 5.94. The van der Waals surface area contributed by atoms with Crippen LogP contribution in [0.3, 0.4) is 0 Å². The van der Waals surface area contributed by atoms with Gasteiger partial charge in [0.05, 0.1) is 6.42 Å². The van der Waals surface area contributed by atoms with Crippen LogP contribution < -0.4 is 10.6 Å². The standard InChI is InChI=1S/C23H22N2O4/c1-16-7-2-5-12-20(16)25-22(27)15-29-23(28)14-24-21(26)13-18-10-6-9-17-8-3-4-11-19(17)18/h2-12H,13-15H2,1H3,(H,24,26)(H,25,27). The molecule has 6 nitrogen and oxygen atoms in total. The van der Waals surface area contributed by atoms with Crippen molar-refractivity contribution in [1.29, 1.82) is 0 Å². The fourth-order valence-electron chi connectivity index (χ4n) is 2.95. The smallest absolute Gasteiger partial charge is 0.325 e. The number of amides is 2. The Bertz CT molecular complexity index is 1040. The predicted molar refractivity (Wildman–Crippen MR) is 111 cm³/mol. The number of benzene rings is 3. The van der Waals surface area contributed by atoms with E-state index in [0.29, 0.717) is 5.69 Å².